The van der Waals surface area contributed by atoms with Crippen LogP contribution in [0.1, 0.15) is 27.2 Å². The molecule has 0 saturated carbocycles. The number of para-hydroxylation sites is 1. The zero-order chi connectivity index (χ0) is 18.0. The van der Waals surface area contributed by atoms with Crippen molar-refractivity contribution >= 4 is 28.6 Å². The van der Waals surface area contributed by atoms with Gasteiger partial charge in [0, 0.05) is 24.7 Å². The highest BCUT2D eigenvalue weighted by Crippen LogP contribution is 2.24. The second-order valence-corrected chi connectivity index (χ2v) is 7.28. The highest BCUT2D eigenvalue weighted by molar-refractivity contribution is 6.01. The highest BCUT2D eigenvalue weighted by Gasteiger charge is 2.33. The van der Waals surface area contributed by atoms with E-state index in [4.69, 9.17) is 4.74 Å². The first-order valence-corrected chi connectivity index (χ1v) is 8.46. The topological polar surface area (TPSA) is 71.5 Å². The van der Waals surface area contributed by atoms with Gasteiger partial charge in [0.15, 0.2) is 0 Å². The molecule has 0 radical (unpaired) electrons. The molecule has 2 heterocycles. The molecular weight excluding hydrogens is 318 g/mol. The third-order valence-corrected chi connectivity index (χ3v) is 4.12. The van der Waals surface area contributed by atoms with Crippen LogP contribution in [0.3, 0.4) is 0 Å². The molecule has 1 fully saturated rings. The third kappa shape index (κ3) is 4.07. The fourth-order valence-corrected chi connectivity index (χ4v) is 2.91. The first-order chi connectivity index (χ1) is 11.8. The molecule has 1 aliphatic rings. The first-order valence-electron chi connectivity index (χ1n) is 8.46. The van der Waals surface area contributed by atoms with Crippen LogP contribution in [0.15, 0.2) is 36.5 Å². The minimum Gasteiger partial charge on any atom is -0.444 e. The molecule has 2 aromatic rings. The SMILES string of the molecule is CC(C)(C)OC(=O)N1CC[C@@H](C(=O)Nc2ccnc3ccccc23)C1. The van der Waals surface area contributed by atoms with Crippen LogP contribution in [0.4, 0.5) is 10.5 Å². The van der Waals surface area contributed by atoms with Crippen molar-refractivity contribution in [1.82, 2.24) is 9.88 Å². The van der Waals surface area contributed by atoms with Crippen molar-refractivity contribution in [2.45, 2.75) is 32.8 Å². The second-order valence-electron chi connectivity index (χ2n) is 7.28. The lowest BCUT2D eigenvalue weighted by Gasteiger charge is -2.24. The lowest BCUT2D eigenvalue weighted by molar-refractivity contribution is -0.119. The van der Waals surface area contributed by atoms with E-state index in [9.17, 15) is 9.59 Å². The van der Waals surface area contributed by atoms with Crippen LogP contribution in [0, 0.1) is 5.92 Å². The van der Waals surface area contributed by atoms with Crippen molar-refractivity contribution in [1.29, 1.82) is 0 Å². The van der Waals surface area contributed by atoms with E-state index in [1.807, 2.05) is 45.0 Å². The Morgan fingerprint density at radius 2 is 2.00 bits per heavy atom. The summed E-state index contributed by atoms with van der Waals surface area (Å²) in [4.78, 5) is 30.6. The van der Waals surface area contributed by atoms with E-state index in [0.717, 1.165) is 16.6 Å². The molecule has 6 nitrogen and oxygen atoms in total. The summed E-state index contributed by atoms with van der Waals surface area (Å²) in [6.45, 7) is 6.41. The molecule has 0 unspecified atom stereocenters. The van der Waals surface area contributed by atoms with E-state index in [2.05, 4.69) is 10.3 Å². The minimum absolute atomic E-state index is 0.0811. The standard InChI is InChI=1S/C19H23N3O3/c1-19(2,3)25-18(24)22-11-9-13(12-22)17(23)21-16-8-10-20-15-7-5-4-6-14(15)16/h4-8,10,13H,9,11-12H2,1-3H3,(H,20,21,23)/t13-/m1/s1. The fourth-order valence-electron chi connectivity index (χ4n) is 2.91. The van der Waals surface area contributed by atoms with E-state index in [1.165, 1.54) is 0 Å². The van der Waals surface area contributed by atoms with E-state index >= 15 is 0 Å². The van der Waals surface area contributed by atoms with Crippen LogP contribution < -0.4 is 5.32 Å². The lowest BCUT2D eigenvalue weighted by Crippen LogP contribution is -2.36. The van der Waals surface area contributed by atoms with Crippen LogP contribution in [-0.2, 0) is 9.53 Å². The smallest absolute Gasteiger partial charge is 0.410 e. The van der Waals surface area contributed by atoms with E-state index < -0.39 is 5.60 Å². The van der Waals surface area contributed by atoms with Crippen LogP contribution in [0.25, 0.3) is 10.9 Å². The zero-order valence-electron chi connectivity index (χ0n) is 14.8. The molecule has 3 rings (SSSR count). The van der Waals surface area contributed by atoms with E-state index in [-0.39, 0.29) is 17.9 Å². The molecule has 132 valence electrons. The Bertz CT molecular complexity index is 793. The number of ether oxygens (including phenoxy) is 1. The third-order valence-electron chi connectivity index (χ3n) is 4.12. The van der Waals surface area contributed by atoms with Crippen molar-refractivity contribution in [2.24, 2.45) is 5.92 Å². The average Bonchev–Trinajstić information content (AvgIpc) is 3.04. The molecule has 1 saturated heterocycles. The van der Waals surface area contributed by atoms with Gasteiger partial charge in [-0.25, -0.2) is 4.79 Å². The largest absolute Gasteiger partial charge is 0.444 e. The van der Waals surface area contributed by atoms with Gasteiger partial charge in [-0.2, -0.15) is 0 Å². The Labute approximate surface area is 147 Å². The van der Waals surface area contributed by atoms with Crippen molar-refractivity contribution in [3.8, 4) is 0 Å². The summed E-state index contributed by atoms with van der Waals surface area (Å²) in [7, 11) is 0. The van der Waals surface area contributed by atoms with Gasteiger partial charge in [0.2, 0.25) is 5.91 Å². The number of amides is 2. The Balaban J connectivity index is 1.65. The van der Waals surface area contributed by atoms with Gasteiger partial charge in [0.1, 0.15) is 5.60 Å². The predicted molar refractivity (Wildman–Crippen MR) is 96.3 cm³/mol. The molecular formula is C19H23N3O3. The Morgan fingerprint density at radius 1 is 1.24 bits per heavy atom. The van der Waals surface area contributed by atoms with Gasteiger partial charge >= 0.3 is 6.09 Å². The summed E-state index contributed by atoms with van der Waals surface area (Å²) in [5.74, 6) is -0.318. The summed E-state index contributed by atoms with van der Waals surface area (Å²) in [6.07, 6.45) is 1.95. The molecule has 1 aliphatic heterocycles. The van der Waals surface area contributed by atoms with Gasteiger partial charge in [-0.3, -0.25) is 9.78 Å². The Morgan fingerprint density at radius 3 is 2.76 bits per heavy atom. The van der Waals surface area contributed by atoms with Crippen LogP contribution in [-0.4, -0.2) is 40.6 Å². The summed E-state index contributed by atoms with van der Waals surface area (Å²) in [5, 5.41) is 3.88. The van der Waals surface area contributed by atoms with Gasteiger partial charge in [0.05, 0.1) is 17.1 Å². The molecule has 1 atom stereocenters. The average molecular weight is 341 g/mol. The second kappa shape index (κ2) is 6.70. The summed E-state index contributed by atoms with van der Waals surface area (Å²) in [6, 6.07) is 9.46. The van der Waals surface area contributed by atoms with Crippen molar-refractivity contribution < 1.29 is 14.3 Å². The number of rotatable bonds is 2. The number of nitrogens with zero attached hydrogens (tertiary/aromatic N) is 2. The number of fused-ring (bicyclic) bond motifs is 1. The van der Waals surface area contributed by atoms with Crippen LogP contribution in [0.2, 0.25) is 0 Å². The number of benzene rings is 1. The predicted octanol–water partition coefficient (Wildman–Crippen LogP) is 3.43. The maximum absolute atomic E-state index is 12.6. The number of likely N-dealkylation sites (tertiary alicyclic amines) is 1. The highest BCUT2D eigenvalue weighted by atomic mass is 16.6. The van der Waals surface area contributed by atoms with Gasteiger partial charge in [-0.1, -0.05) is 18.2 Å². The molecule has 1 aromatic heterocycles. The summed E-state index contributed by atoms with van der Waals surface area (Å²) in [5.41, 5.74) is 1.04. The summed E-state index contributed by atoms with van der Waals surface area (Å²) < 4.78 is 5.37. The monoisotopic (exact) mass is 341 g/mol. The molecule has 1 aromatic carbocycles. The van der Waals surface area contributed by atoms with Gasteiger partial charge in [-0.05, 0) is 39.3 Å². The lowest BCUT2D eigenvalue weighted by atomic mass is 10.1. The van der Waals surface area contributed by atoms with Gasteiger partial charge in [-0.15, -0.1) is 0 Å². The van der Waals surface area contributed by atoms with E-state index in [1.54, 1.807) is 17.2 Å². The number of nitrogens with one attached hydrogen (secondary N) is 1. The van der Waals surface area contributed by atoms with E-state index in [0.29, 0.717) is 19.5 Å². The quantitative estimate of drug-likeness (QED) is 0.908. The molecule has 0 spiro atoms. The molecule has 0 bridgehead atoms. The first kappa shape index (κ1) is 17.2. The van der Waals surface area contributed by atoms with Gasteiger partial charge < -0.3 is 15.0 Å². The minimum atomic E-state index is -0.534. The van der Waals surface area contributed by atoms with Crippen LogP contribution in [0.5, 0.6) is 0 Å². The number of anilines is 1. The molecule has 0 aliphatic carbocycles. The maximum Gasteiger partial charge on any atom is 0.410 e. The Hall–Kier alpha value is -2.63. The van der Waals surface area contributed by atoms with Crippen molar-refractivity contribution in [2.75, 3.05) is 18.4 Å². The number of hydrogen-bond acceptors (Lipinski definition) is 4. The number of aromatic nitrogens is 1. The van der Waals surface area contributed by atoms with Crippen molar-refractivity contribution in [3.05, 3.63) is 36.5 Å². The number of carbonyl (C=O) groups is 2. The zero-order valence-corrected chi connectivity index (χ0v) is 14.8. The Kier molecular flexibility index (Phi) is 4.61. The molecule has 2 amide bonds. The summed E-state index contributed by atoms with van der Waals surface area (Å²) >= 11 is 0. The molecule has 25 heavy (non-hydrogen) atoms. The molecule has 1 N–H and O–H groups in total. The maximum atomic E-state index is 12.6. The molecule has 6 heteroatoms. The number of hydrogen-bond donors (Lipinski definition) is 1. The van der Waals surface area contributed by atoms with Gasteiger partial charge in [0.25, 0.3) is 0 Å². The van der Waals surface area contributed by atoms with Crippen LogP contribution >= 0.6 is 0 Å². The fraction of sp³-hybridized carbons (Fsp3) is 0.421. The normalized spacial score (nSPS) is 17.6. The number of pyridine rings is 1. The number of carbonyl (C=O) groups excluding carboxylic acids is 2. The van der Waals surface area contributed by atoms with Crippen molar-refractivity contribution in [3.63, 3.8) is 0 Å².